The summed E-state index contributed by atoms with van der Waals surface area (Å²) in [5, 5.41) is 0.603. The highest BCUT2D eigenvalue weighted by molar-refractivity contribution is 6.74. The first-order valence-corrected chi connectivity index (χ1v) is 16.7. The molecule has 1 aliphatic heterocycles. The lowest BCUT2D eigenvalue weighted by Crippen LogP contribution is -2.42. The molecule has 0 radical (unpaired) electrons. The first-order chi connectivity index (χ1) is 17.5. The van der Waals surface area contributed by atoms with Crippen LogP contribution in [-0.4, -0.2) is 51.9 Å². The van der Waals surface area contributed by atoms with Crippen LogP contribution < -0.4 is 9.47 Å². The number of nitrogens with zero attached hydrogens (tertiary/aromatic N) is 1. The van der Waals surface area contributed by atoms with Gasteiger partial charge in [0.05, 0.1) is 29.9 Å². The van der Waals surface area contributed by atoms with Crippen LogP contribution in [0.3, 0.4) is 0 Å². The van der Waals surface area contributed by atoms with Gasteiger partial charge in [-0.25, -0.2) is 0 Å². The lowest BCUT2D eigenvalue weighted by Gasteiger charge is -2.37. The minimum absolute atomic E-state index is 0.0337. The highest BCUT2D eigenvalue weighted by atomic mass is 35.5. The van der Waals surface area contributed by atoms with Gasteiger partial charge in [-0.2, -0.15) is 0 Å². The Morgan fingerprint density at radius 2 is 1.66 bits per heavy atom. The maximum atomic E-state index is 6.71. The monoisotopic (exact) mass is 561 g/mol. The van der Waals surface area contributed by atoms with Gasteiger partial charge in [0.1, 0.15) is 0 Å². The number of halogens is 1. The van der Waals surface area contributed by atoms with E-state index < -0.39 is 19.5 Å². The van der Waals surface area contributed by atoms with Crippen molar-refractivity contribution in [2.45, 2.75) is 97.0 Å². The summed E-state index contributed by atoms with van der Waals surface area (Å²) in [5.41, 5.74) is 2.14. The second-order valence-corrected chi connectivity index (χ2v) is 17.8. The molecular formula is C29H45BClNO5Si. The number of aromatic nitrogens is 1. The molecule has 0 bridgehead atoms. The fourth-order valence-corrected chi connectivity index (χ4v) is 5.49. The molecule has 1 aromatic carbocycles. The first-order valence-electron chi connectivity index (χ1n) is 13.5. The van der Waals surface area contributed by atoms with Crippen molar-refractivity contribution in [1.82, 2.24) is 4.98 Å². The highest BCUT2D eigenvalue weighted by Crippen LogP contribution is 2.43. The van der Waals surface area contributed by atoms with Gasteiger partial charge in [-0.3, -0.25) is 4.98 Å². The number of methoxy groups -OCH3 is 1. The van der Waals surface area contributed by atoms with Gasteiger partial charge in [-0.05, 0) is 88.4 Å². The Morgan fingerprint density at radius 3 is 2.21 bits per heavy atom. The van der Waals surface area contributed by atoms with Gasteiger partial charge >= 0.3 is 7.12 Å². The van der Waals surface area contributed by atoms with Crippen LogP contribution in [0.1, 0.15) is 66.9 Å². The van der Waals surface area contributed by atoms with Crippen LogP contribution >= 0.6 is 11.6 Å². The summed E-state index contributed by atoms with van der Waals surface area (Å²) in [4.78, 5) is 4.61. The number of hydrogen-bond acceptors (Lipinski definition) is 6. The minimum atomic E-state index is -1.98. The lowest BCUT2D eigenvalue weighted by molar-refractivity contribution is 0.00578. The highest BCUT2D eigenvalue weighted by Gasteiger charge is 2.51. The van der Waals surface area contributed by atoms with Crippen molar-refractivity contribution in [2.24, 2.45) is 0 Å². The summed E-state index contributed by atoms with van der Waals surface area (Å²) in [6.45, 7) is 22.7. The summed E-state index contributed by atoms with van der Waals surface area (Å²) >= 11 is 6.56. The van der Waals surface area contributed by atoms with Gasteiger partial charge in [-0.1, -0.05) is 32.4 Å². The molecule has 0 N–H and O–H groups in total. The summed E-state index contributed by atoms with van der Waals surface area (Å²) in [5.74, 6) is 1.17. The number of rotatable bonds is 10. The normalized spacial score (nSPS) is 17.9. The molecule has 1 atom stereocenters. The number of benzene rings is 1. The smallest absolute Gasteiger partial charge is 0.458 e. The zero-order valence-electron chi connectivity index (χ0n) is 25.0. The van der Waals surface area contributed by atoms with Gasteiger partial charge in [0, 0.05) is 30.5 Å². The SMILES string of the molecule is CCOc1cc(-c2cncc(C(CO[Si](C)(C)C(C)(C)C)CB3OC(C)(C)C(C)(C)O3)c2)cc(Cl)c1OC. The summed E-state index contributed by atoms with van der Waals surface area (Å²) in [6.07, 6.45) is 4.43. The van der Waals surface area contributed by atoms with E-state index in [2.05, 4.69) is 72.6 Å². The van der Waals surface area contributed by atoms with Crippen LogP contribution in [0.5, 0.6) is 11.5 Å². The molecule has 1 unspecified atom stereocenters. The third kappa shape index (κ3) is 6.76. The van der Waals surface area contributed by atoms with Crippen molar-refractivity contribution in [2.75, 3.05) is 20.3 Å². The van der Waals surface area contributed by atoms with Crippen molar-refractivity contribution in [1.29, 1.82) is 0 Å². The van der Waals surface area contributed by atoms with Crippen molar-refractivity contribution >= 4 is 27.0 Å². The predicted molar refractivity (Wildman–Crippen MR) is 159 cm³/mol. The fraction of sp³-hybridized carbons (Fsp3) is 0.621. The van der Waals surface area contributed by atoms with E-state index in [-0.39, 0.29) is 18.1 Å². The van der Waals surface area contributed by atoms with E-state index in [1.54, 1.807) is 7.11 Å². The molecule has 6 nitrogen and oxygen atoms in total. The molecule has 210 valence electrons. The zero-order chi connectivity index (χ0) is 28.5. The predicted octanol–water partition coefficient (Wildman–Crippen LogP) is 8.01. The third-order valence-corrected chi connectivity index (χ3v) is 13.1. The Morgan fingerprint density at radius 1 is 1.03 bits per heavy atom. The summed E-state index contributed by atoms with van der Waals surface area (Å²) in [7, 11) is -0.720. The first kappa shape index (κ1) is 31.0. The van der Waals surface area contributed by atoms with Crippen LogP contribution in [0.25, 0.3) is 11.1 Å². The molecule has 2 aromatic rings. The fourth-order valence-electron chi connectivity index (χ4n) is 4.15. The molecule has 9 heteroatoms. The van der Waals surface area contributed by atoms with Gasteiger partial charge in [0.15, 0.2) is 19.8 Å². The molecule has 1 saturated heterocycles. The van der Waals surface area contributed by atoms with Gasteiger partial charge < -0.3 is 23.2 Å². The molecule has 1 aromatic heterocycles. The lowest BCUT2D eigenvalue weighted by atomic mass is 9.75. The number of hydrogen-bond donors (Lipinski definition) is 0. The third-order valence-electron chi connectivity index (χ3n) is 8.31. The van der Waals surface area contributed by atoms with E-state index in [1.807, 2.05) is 31.5 Å². The van der Waals surface area contributed by atoms with E-state index in [0.717, 1.165) is 16.7 Å². The number of pyridine rings is 1. The van der Waals surface area contributed by atoms with Gasteiger partial charge in [0.2, 0.25) is 0 Å². The van der Waals surface area contributed by atoms with E-state index in [4.69, 9.17) is 34.8 Å². The Hall–Kier alpha value is -1.58. The van der Waals surface area contributed by atoms with Crippen LogP contribution in [0.4, 0.5) is 0 Å². The standard InChI is InChI=1S/C29H45BClNO5Si/c1-12-34-25-15-20(14-24(31)26(25)33-9)21-13-22(18-32-17-21)23(19-35-38(10,11)27(2,3)4)16-30-36-28(5,6)29(7,8)37-30/h13-15,17-18,23H,12,16,19H2,1-11H3. The summed E-state index contributed by atoms with van der Waals surface area (Å²) in [6, 6.07) is 6.00. The molecule has 0 saturated carbocycles. The molecular weight excluding hydrogens is 517 g/mol. The average Bonchev–Trinajstić information content (AvgIpc) is 3.01. The Kier molecular flexibility index (Phi) is 9.37. The van der Waals surface area contributed by atoms with Crippen LogP contribution in [-0.2, 0) is 13.7 Å². The van der Waals surface area contributed by atoms with Gasteiger partial charge in [-0.15, -0.1) is 0 Å². The quantitative estimate of drug-likeness (QED) is 0.274. The average molecular weight is 562 g/mol. The van der Waals surface area contributed by atoms with E-state index in [0.29, 0.717) is 36.1 Å². The topological polar surface area (TPSA) is 59.0 Å². The van der Waals surface area contributed by atoms with Crippen molar-refractivity contribution in [3.63, 3.8) is 0 Å². The maximum Gasteiger partial charge on any atom is 0.458 e. The summed E-state index contributed by atoms with van der Waals surface area (Å²) < 4.78 is 30.7. The van der Waals surface area contributed by atoms with Crippen LogP contribution in [0.15, 0.2) is 30.6 Å². The minimum Gasteiger partial charge on any atom is -0.491 e. The Balaban J connectivity index is 1.97. The molecule has 0 aliphatic carbocycles. The maximum absolute atomic E-state index is 6.71. The molecule has 38 heavy (non-hydrogen) atoms. The van der Waals surface area contributed by atoms with Crippen LogP contribution in [0, 0.1) is 0 Å². The largest absolute Gasteiger partial charge is 0.491 e. The molecule has 3 rings (SSSR count). The van der Waals surface area contributed by atoms with Crippen LogP contribution in [0.2, 0.25) is 29.5 Å². The zero-order valence-corrected chi connectivity index (χ0v) is 26.8. The number of ether oxygens (including phenoxy) is 2. The van der Waals surface area contributed by atoms with Crippen molar-refractivity contribution in [3.05, 3.63) is 41.2 Å². The van der Waals surface area contributed by atoms with E-state index >= 15 is 0 Å². The molecule has 0 amide bonds. The molecule has 1 fully saturated rings. The Labute approximate surface area is 236 Å². The second-order valence-electron chi connectivity index (χ2n) is 12.6. The van der Waals surface area contributed by atoms with Gasteiger partial charge in [0.25, 0.3) is 0 Å². The van der Waals surface area contributed by atoms with Crippen molar-refractivity contribution in [3.8, 4) is 22.6 Å². The molecule has 2 heterocycles. The molecule has 0 spiro atoms. The van der Waals surface area contributed by atoms with Crippen molar-refractivity contribution < 1.29 is 23.2 Å². The second kappa shape index (κ2) is 11.5. The van der Waals surface area contributed by atoms with E-state index in [1.165, 1.54) is 0 Å². The Bertz CT molecular complexity index is 1100. The van der Waals surface area contributed by atoms with E-state index in [9.17, 15) is 0 Å². The molecule has 1 aliphatic rings.